The molecule has 240 valence electrons. The molecule has 0 spiro atoms. The van der Waals surface area contributed by atoms with E-state index in [4.69, 9.17) is 10.5 Å². The number of hydrogen-bond acceptors (Lipinski definition) is 8. The molecule has 2 heterocycles. The van der Waals surface area contributed by atoms with Crippen molar-refractivity contribution in [3.63, 3.8) is 0 Å². The fourth-order valence-electron chi connectivity index (χ4n) is 6.92. The number of methoxy groups -OCH3 is 1. The van der Waals surface area contributed by atoms with Crippen LogP contribution in [0.25, 0.3) is 6.08 Å². The highest BCUT2D eigenvalue weighted by atomic mass is 33.1. The van der Waals surface area contributed by atoms with Crippen molar-refractivity contribution >= 4 is 39.2 Å². The Hall–Kier alpha value is -2.94. The van der Waals surface area contributed by atoms with E-state index in [1.165, 1.54) is 43.6 Å². The first kappa shape index (κ1) is 33.4. The van der Waals surface area contributed by atoms with Crippen LogP contribution < -0.4 is 15.8 Å². The molecular formula is C37H46N2O4S2. The van der Waals surface area contributed by atoms with E-state index in [0.29, 0.717) is 24.5 Å². The molecule has 0 amide bonds. The zero-order chi connectivity index (χ0) is 31.8. The highest BCUT2D eigenvalue weighted by Gasteiger charge is 2.45. The minimum absolute atomic E-state index is 0.0182. The first-order chi connectivity index (χ1) is 21.8. The van der Waals surface area contributed by atoms with E-state index in [1.807, 2.05) is 27.8 Å². The third-order valence-electron chi connectivity index (χ3n) is 9.59. The molecule has 0 aromatic heterocycles. The van der Waals surface area contributed by atoms with Gasteiger partial charge in [0, 0.05) is 29.0 Å². The van der Waals surface area contributed by atoms with Crippen LogP contribution in [0.15, 0.2) is 72.0 Å². The van der Waals surface area contributed by atoms with Crippen molar-refractivity contribution in [2.75, 3.05) is 12.9 Å². The van der Waals surface area contributed by atoms with Crippen LogP contribution in [-0.2, 0) is 21.4 Å². The minimum Gasteiger partial charge on any atom is -0.504 e. The lowest BCUT2D eigenvalue weighted by atomic mass is 9.65. The van der Waals surface area contributed by atoms with Gasteiger partial charge in [0.15, 0.2) is 17.3 Å². The van der Waals surface area contributed by atoms with Gasteiger partial charge in [0.2, 0.25) is 0 Å². The van der Waals surface area contributed by atoms with Gasteiger partial charge in [0.1, 0.15) is 5.78 Å². The summed E-state index contributed by atoms with van der Waals surface area (Å²) in [5.41, 5.74) is 12.1. The number of benzene rings is 2. The van der Waals surface area contributed by atoms with Crippen LogP contribution in [0.3, 0.4) is 0 Å². The lowest BCUT2D eigenvalue weighted by molar-refractivity contribution is -0.124. The number of rotatable bonds is 4. The summed E-state index contributed by atoms with van der Waals surface area (Å²) in [5, 5.41) is 14.3. The normalized spacial score (nSPS) is 25.4. The molecule has 4 N–H and O–H groups in total. The number of fused-ring (bicyclic) bond motifs is 2. The van der Waals surface area contributed by atoms with E-state index in [2.05, 4.69) is 48.6 Å². The summed E-state index contributed by atoms with van der Waals surface area (Å²) in [6.45, 7) is 2.19. The van der Waals surface area contributed by atoms with Gasteiger partial charge in [-0.05, 0) is 77.6 Å². The fraction of sp³-hybridized carbons (Fsp3) is 0.459. The van der Waals surface area contributed by atoms with Gasteiger partial charge in [-0.15, -0.1) is 0 Å². The maximum absolute atomic E-state index is 12.8. The molecule has 3 atom stereocenters. The zero-order valence-electron chi connectivity index (χ0n) is 26.4. The summed E-state index contributed by atoms with van der Waals surface area (Å²) in [7, 11) is 5.36. The molecule has 8 heteroatoms. The fourth-order valence-corrected chi connectivity index (χ4v) is 10.7. The van der Waals surface area contributed by atoms with E-state index in [9.17, 15) is 14.7 Å². The summed E-state index contributed by atoms with van der Waals surface area (Å²) in [6.07, 6.45) is 15.6. The van der Waals surface area contributed by atoms with E-state index < -0.39 is 0 Å². The molecule has 0 saturated heterocycles. The van der Waals surface area contributed by atoms with Gasteiger partial charge in [-0.3, -0.25) is 9.59 Å². The molecule has 1 unspecified atom stereocenters. The molecule has 1 aliphatic carbocycles. The second-order valence-electron chi connectivity index (χ2n) is 12.6. The molecule has 1 fully saturated rings. The number of dihydropyridines is 1. The van der Waals surface area contributed by atoms with Crippen LogP contribution in [0.1, 0.15) is 81.4 Å². The monoisotopic (exact) mass is 646 g/mol. The first-order valence-electron chi connectivity index (χ1n) is 16.2. The minimum atomic E-state index is -0.319. The van der Waals surface area contributed by atoms with Crippen molar-refractivity contribution in [2.45, 2.75) is 88.0 Å². The lowest BCUT2D eigenvalue weighted by Gasteiger charge is -2.46. The van der Waals surface area contributed by atoms with Crippen molar-refractivity contribution in [1.82, 2.24) is 5.32 Å². The summed E-state index contributed by atoms with van der Waals surface area (Å²) < 4.78 is 5.39. The number of allylic oxidation sites excluding steroid dienone is 3. The average Bonchev–Trinajstić information content (AvgIpc) is 3.05. The zero-order valence-corrected chi connectivity index (χ0v) is 28.1. The predicted octanol–water partition coefficient (Wildman–Crippen LogP) is 7.66. The van der Waals surface area contributed by atoms with Crippen molar-refractivity contribution < 1.29 is 19.4 Å². The smallest absolute Gasteiger partial charge is 0.163 e. The largest absolute Gasteiger partial charge is 0.504 e. The number of nitrogens with one attached hydrogen (secondary N) is 1. The average molecular weight is 647 g/mol. The topological polar surface area (TPSA) is 102 Å². The Balaban J connectivity index is 1.60. The second-order valence-corrected chi connectivity index (χ2v) is 15.1. The van der Waals surface area contributed by atoms with Crippen molar-refractivity contribution in [2.24, 2.45) is 11.7 Å². The van der Waals surface area contributed by atoms with Crippen molar-refractivity contribution in [1.29, 1.82) is 0 Å². The Bertz CT molecular complexity index is 1450. The predicted molar refractivity (Wildman–Crippen MR) is 187 cm³/mol. The Kier molecular flexibility index (Phi) is 11.6. The summed E-state index contributed by atoms with van der Waals surface area (Å²) in [5.74, 6) is 1.47. The molecule has 2 aromatic carbocycles. The van der Waals surface area contributed by atoms with E-state index >= 15 is 0 Å². The van der Waals surface area contributed by atoms with Crippen LogP contribution in [0.5, 0.6) is 11.5 Å². The van der Waals surface area contributed by atoms with Gasteiger partial charge in [-0.25, -0.2) is 0 Å². The van der Waals surface area contributed by atoms with Crippen LogP contribution >= 0.6 is 21.6 Å². The number of ketones is 2. The molecule has 5 rings (SSSR count). The summed E-state index contributed by atoms with van der Waals surface area (Å²) in [6, 6.07) is 14.4. The summed E-state index contributed by atoms with van der Waals surface area (Å²) >= 11 is 0. The number of carbonyl (C=O) groups is 2. The number of Topliss-reactive ketones (excluding diaryl/α,β-unsaturated/α-hetero) is 1. The highest BCUT2D eigenvalue weighted by molar-refractivity contribution is 8.77. The number of carbonyl (C=O) groups excluding carboxylic acids is 2. The van der Waals surface area contributed by atoms with E-state index in [0.717, 1.165) is 48.1 Å². The Morgan fingerprint density at radius 1 is 1.07 bits per heavy atom. The maximum atomic E-state index is 12.8. The van der Waals surface area contributed by atoms with E-state index in [1.54, 1.807) is 18.2 Å². The standard InChI is InChI=1S/C37H46N2O4S2/c1-3-25-12-14-30(40)22-31(41)15-13-27-21-34(43-2)33(42)20-28(27)18-26-19-32(36(38)39-23-26)35(45-44-24-25)37(16-8-5-9-17-37)29-10-6-4-7-11-29/h4,6-7,10-11,13,15,19-21,23,25,35-36,39,42H,3,5,8-9,12,14,16-18,22,24,38H2,1-2H3/b15-13+/t25-,35-,36?/m0/s1. The van der Waals surface area contributed by atoms with Crippen molar-refractivity contribution in [3.05, 3.63) is 88.7 Å². The number of hydrogen-bond donors (Lipinski definition) is 3. The van der Waals surface area contributed by atoms with Gasteiger partial charge in [-0.1, -0.05) is 96.7 Å². The van der Waals surface area contributed by atoms with Gasteiger partial charge >= 0.3 is 0 Å². The molecule has 2 aliphatic heterocycles. The third-order valence-corrected chi connectivity index (χ3v) is 12.6. The second kappa shape index (κ2) is 15.6. The Labute approximate surface area is 275 Å². The molecule has 1 saturated carbocycles. The lowest BCUT2D eigenvalue weighted by Crippen LogP contribution is -2.48. The highest BCUT2D eigenvalue weighted by Crippen LogP contribution is 2.53. The SMILES string of the molecule is CC[C@H]1CCC(=O)CC(=O)/C=C/c2cc(OC)c(O)cc2CC2=CNC(N)C(=C2)[C@@H](C2(c3ccccc3)CCCCC2)SSC1. The number of phenols is 1. The number of nitrogens with two attached hydrogens (primary N) is 1. The molecule has 2 bridgehead atoms. The third kappa shape index (κ3) is 8.08. The number of aromatic hydroxyl groups is 1. The van der Waals surface area contributed by atoms with Crippen LogP contribution in [0.4, 0.5) is 0 Å². The molecule has 3 aliphatic rings. The Morgan fingerprint density at radius 3 is 2.58 bits per heavy atom. The first-order valence-corrected chi connectivity index (χ1v) is 18.6. The van der Waals surface area contributed by atoms with Crippen LogP contribution in [0.2, 0.25) is 0 Å². The summed E-state index contributed by atoms with van der Waals surface area (Å²) in [4.78, 5) is 25.6. The molecular weight excluding hydrogens is 601 g/mol. The van der Waals surface area contributed by atoms with Gasteiger partial charge in [0.25, 0.3) is 0 Å². The molecule has 0 radical (unpaired) electrons. The Morgan fingerprint density at radius 2 is 1.84 bits per heavy atom. The molecule has 45 heavy (non-hydrogen) atoms. The van der Waals surface area contributed by atoms with Crippen LogP contribution in [0, 0.1) is 5.92 Å². The molecule has 2 aromatic rings. The van der Waals surface area contributed by atoms with Gasteiger partial charge < -0.3 is 20.9 Å². The van der Waals surface area contributed by atoms with E-state index in [-0.39, 0.29) is 40.6 Å². The van der Waals surface area contributed by atoms with Crippen molar-refractivity contribution in [3.8, 4) is 11.5 Å². The quantitative estimate of drug-likeness (QED) is 0.230. The van der Waals surface area contributed by atoms with Gasteiger partial charge in [0.05, 0.1) is 19.7 Å². The molecule has 6 nitrogen and oxygen atoms in total. The van der Waals surface area contributed by atoms with Crippen LogP contribution in [-0.4, -0.2) is 41.0 Å². The van der Waals surface area contributed by atoms with Gasteiger partial charge in [-0.2, -0.15) is 0 Å². The number of phenolic OH excluding ortho intramolecular Hbond substituents is 1. The number of ether oxygens (including phenoxy) is 1. The maximum Gasteiger partial charge on any atom is 0.163 e.